The minimum Gasteiger partial charge on any atom is -0.356 e. The van der Waals surface area contributed by atoms with Crippen molar-refractivity contribution in [1.82, 2.24) is 16.0 Å². The third-order valence-corrected chi connectivity index (χ3v) is 3.20. The molecule has 0 unspecified atom stereocenters. The van der Waals surface area contributed by atoms with Crippen LogP contribution < -0.4 is 16.0 Å². The molecule has 1 rings (SSSR count). The standard InChI is InChI=1S/C16H26N4O/c1-4-5-6-11-19-16(18-3)20-12-13-7-9-14(10-8-13)15(21)17-2/h7-10H,4-6,11-12H2,1-3H3,(H,17,21)(H2,18,19,20). The van der Waals surface area contributed by atoms with Crippen LogP contribution >= 0.6 is 0 Å². The number of amides is 1. The first-order chi connectivity index (χ1) is 10.2. The fourth-order valence-corrected chi connectivity index (χ4v) is 1.91. The maximum absolute atomic E-state index is 11.5. The van der Waals surface area contributed by atoms with Gasteiger partial charge < -0.3 is 16.0 Å². The van der Waals surface area contributed by atoms with Gasteiger partial charge in [-0.3, -0.25) is 9.79 Å². The number of carbonyl (C=O) groups is 1. The molecule has 5 nitrogen and oxygen atoms in total. The third-order valence-electron chi connectivity index (χ3n) is 3.20. The van der Waals surface area contributed by atoms with Crippen molar-refractivity contribution < 1.29 is 4.79 Å². The molecule has 0 aromatic heterocycles. The van der Waals surface area contributed by atoms with Crippen LogP contribution in [0.1, 0.15) is 42.1 Å². The van der Waals surface area contributed by atoms with Crippen molar-refractivity contribution in [3.05, 3.63) is 35.4 Å². The van der Waals surface area contributed by atoms with Crippen LogP contribution in [0.15, 0.2) is 29.3 Å². The number of rotatable bonds is 7. The highest BCUT2D eigenvalue weighted by Crippen LogP contribution is 2.04. The van der Waals surface area contributed by atoms with E-state index >= 15 is 0 Å². The first kappa shape index (κ1) is 17.0. The Morgan fingerprint density at radius 1 is 1.14 bits per heavy atom. The quantitative estimate of drug-likeness (QED) is 0.408. The van der Waals surface area contributed by atoms with E-state index in [4.69, 9.17) is 0 Å². The van der Waals surface area contributed by atoms with E-state index in [2.05, 4.69) is 27.9 Å². The summed E-state index contributed by atoms with van der Waals surface area (Å²) >= 11 is 0. The van der Waals surface area contributed by atoms with E-state index in [-0.39, 0.29) is 5.91 Å². The predicted octanol–water partition coefficient (Wildman–Crippen LogP) is 1.90. The molecule has 0 spiro atoms. The molecule has 0 radical (unpaired) electrons. The lowest BCUT2D eigenvalue weighted by atomic mass is 10.1. The highest BCUT2D eigenvalue weighted by Gasteiger charge is 2.02. The minimum absolute atomic E-state index is 0.0668. The first-order valence-corrected chi connectivity index (χ1v) is 7.46. The smallest absolute Gasteiger partial charge is 0.251 e. The first-order valence-electron chi connectivity index (χ1n) is 7.46. The minimum atomic E-state index is -0.0668. The Kier molecular flexibility index (Phi) is 7.94. The molecular formula is C16H26N4O. The molecule has 0 saturated heterocycles. The summed E-state index contributed by atoms with van der Waals surface area (Å²) in [5.41, 5.74) is 1.78. The van der Waals surface area contributed by atoms with Gasteiger partial charge >= 0.3 is 0 Å². The molecule has 0 heterocycles. The second-order valence-electron chi connectivity index (χ2n) is 4.84. The van der Waals surface area contributed by atoms with Gasteiger partial charge in [0, 0.05) is 32.7 Å². The molecule has 0 saturated carbocycles. The van der Waals surface area contributed by atoms with E-state index < -0.39 is 0 Å². The number of guanidine groups is 1. The zero-order chi connectivity index (χ0) is 15.5. The zero-order valence-corrected chi connectivity index (χ0v) is 13.2. The summed E-state index contributed by atoms with van der Waals surface area (Å²) in [6.45, 7) is 3.81. The lowest BCUT2D eigenvalue weighted by Crippen LogP contribution is -2.37. The predicted molar refractivity (Wildman–Crippen MR) is 87.6 cm³/mol. The highest BCUT2D eigenvalue weighted by molar-refractivity contribution is 5.93. The van der Waals surface area contributed by atoms with E-state index in [0.717, 1.165) is 24.5 Å². The summed E-state index contributed by atoms with van der Waals surface area (Å²) in [6.07, 6.45) is 3.59. The van der Waals surface area contributed by atoms with Crippen LogP contribution in [-0.2, 0) is 6.54 Å². The number of hydrogen-bond donors (Lipinski definition) is 3. The molecule has 0 fully saturated rings. The molecule has 3 N–H and O–H groups in total. The van der Waals surface area contributed by atoms with E-state index in [0.29, 0.717) is 12.1 Å². The zero-order valence-electron chi connectivity index (χ0n) is 13.2. The maximum atomic E-state index is 11.5. The normalized spacial score (nSPS) is 11.1. The maximum Gasteiger partial charge on any atom is 0.251 e. The average molecular weight is 290 g/mol. The van der Waals surface area contributed by atoms with E-state index in [1.165, 1.54) is 12.8 Å². The highest BCUT2D eigenvalue weighted by atomic mass is 16.1. The summed E-state index contributed by atoms with van der Waals surface area (Å²) in [5, 5.41) is 9.16. The largest absolute Gasteiger partial charge is 0.356 e. The number of unbranched alkanes of at least 4 members (excludes halogenated alkanes) is 2. The fraction of sp³-hybridized carbons (Fsp3) is 0.500. The summed E-state index contributed by atoms with van der Waals surface area (Å²) in [4.78, 5) is 15.6. The molecule has 0 aliphatic rings. The van der Waals surface area contributed by atoms with Crippen molar-refractivity contribution in [3.8, 4) is 0 Å². The van der Waals surface area contributed by atoms with Crippen LogP contribution in [0.2, 0.25) is 0 Å². The Morgan fingerprint density at radius 2 is 1.86 bits per heavy atom. The van der Waals surface area contributed by atoms with Gasteiger partial charge in [-0.1, -0.05) is 31.9 Å². The van der Waals surface area contributed by atoms with Crippen LogP contribution in [0, 0.1) is 0 Å². The van der Waals surface area contributed by atoms with Gasteiger partial charge in [-0.05, 0) is 24.1 Å². The molecule has 21 heavy (non-hydrogen) atoms. The van der Waals surface area contributed by atoms with Crippen LogP contribution in [-0.4, -0.2) is 32.5 Å². The topological polar surface area (TPSA) is 65.5 Å². The van der Waals surface area contributed by atoms with Crippen LogP contribution in [0.4, 0.5) is 0 Å². The number of aliphatic imine (C=N–C) groups is 1. The number of nitrogens with one attached hydrogen (secondary N) is 3. The Balaban J connectivity index is 2.40. The molecule has 116 valence electrons. The third kappa shape index (κ3) is 6.29. The number of benzene rings is 1. The Morgan fingerprint density at radius 3 is 2.43 bits per heavy atom. The van der Waals surface area contributed by atoms with Crippen molar-refractivity contribution >= 4 is 11.9 Å². The van der Waals surface area contributed by atoms with Gasteiger partial charge in [-0.15, -0.1) is 0 Å². The lowest BCUT2D eigenvalue weighted by molar-refractivity contribution is 0.0963. The van der Waals surface area contributed by atoms with Gasteiger partial charge in [-0.2, -0.15) is 0 Å². The van der Waals surface area contributed by atoms with Gasteiger partial charge in [0.05, 0.1) is 0 Å². The number of nitrogens with zero attached hydrogens (tertiary/aromatic N) is 1. The second kappa shape index (κ2) is 9.80. The van der Waals surface area contributed by atoms with Gasteiger partial charge in [0.2, 0.25) is 0 Å². The van der Waals surface area contributed by atoms with Gasteiger partial charge in [0.15, 0.2) is 5.96 Å². The molecule has 5 heteroatoms. The Bertz CT molecular complexity index is 454. The molecule has 1 aromatic carbocycles. The fourth-order valence-electron chi connectivity index (χ4n) is 1.91. The Labute approximate surface area is 127 Å². The van der Waals surface area contributed by atoms with Crippen LogP contribution in [0.25, 0.3) is 0 Å². The molecule has 1 aromatic rings. The Hall–Kier alpha value is -2.04. The van der Waals surface area contributed by atoms with Crippen molar-refractivity contribution in [1.29, 1.82) is 0 Å². The average Bonchev–Trinajstić information content (AvgIpc) is 2.54. The second-order valence-corrected chi connectivity index (χ2v) is 4.84. The van der Waals surface area contributed by atoms with Gasteiger partial charge in [0.1, 0.15) is 0 Å². The SMILES string of the molecule is CCCCCNC(=NC)NCc1ccc(C(=O)NC)cc1. The van der Waals surface area contributed by atoms with Gasteiger partial charge in [-0.25, -0.2) is 0 Å². The molecule has 0 aliphatic heterocycles. The molecule has 0 bridgehead atoms. The summed E-state index contributed by atoms with van der Waals surface area (Å²) in [5.74, 6) is 0.740. The van der Waals surface area contributed by atoms with Crippen molar-refractivity contribution in [3.63, 3.8) is 0 Å². The van der Waals surface area contributed by atoms with Crippen molar-refractivity contribution in [2.24, 2.45) is 4.99 Å². The molecular weight excluding hydrogens is 264 g/mol. The monoisotopic (exact) mass is 290 g/mol. The summed E-state index contributed by atoms with van der Waals surface area (Å²) < 4.78 is 0. The number of hydrogen-bond acceptors (Lipinski definition) is 2. The van der Waals surface area contributed by atoms with E-state index in [1.807, 2.05) is 24.3 Å². The molecule has 0 aliphatic carbocycles. The summed E-state index contributed by atoms with van der Waals surface area (Å²) in [6, 6.07) is 7.55. The molecule has 0 atom stereocenters. The van der Waals surface area contributed by atoms with Gasteiger partial charge in [0.25, 0.3) is 5.91 Å². The van der Waals surface area contributed by atoms with Crippen molar-refractivity contribution in [2.75, 3.05) is 20.6 Å². The van der Waals surface area contributed by atoms with Crippen molar-refractivity contribution in [2.45, 2.75) is 32.7 Å². The lowest BCUT2D eigenvalue weighted by Gasteiger charge is -2.12. The summed E-state index contributed by atoms with van der Waals surface area (Å²) in [7, 11) is 3.40. The van der Waals surface area contributed by atoms with E-state index in [1.54, 1.807) is 14.1 Å². The number of carbonyl (C=O) groups excluding carboxylic acids is 1. The van der Waals surface area contributed by atoms with E-state index in [9.17, 15) is 4.79 Å². The molecule has 1 amide bonds. The van der Waals surface area contributed by atoms with Crippen LogP contribution in [0.5, 0.6) is 0 Å². The van der Waals surface area contributed by atoms with Crippen LogP contribution in [0.3, 0.4) is 0 Å².